The van der Waals surface area contributed by atoms with Crippen LogP contribution in [0, 0.1) is 0 Å². The van der Waals surface area contributed by atoms with Crippen molar-refractivity contribution in [3.05, 3.63) is 54.1 Å². The molecule has 2 aliphatic rings. The first kappa shape index (κ1) is 19.4. The number of hydrogen-bond acceptors (Lipinski definition) is 4. The molecule has 0 spiro atoms. The van der Waals surface area contributed by atoms with Crippen LogP contribution in [0.1, 0.15) is 19.4 Å². The summed E-state index contributed by atoms with van der Waals surface area (Å²) in [4.78, 5) is 16.9. The summed E-state index contributed by atoms with van der Waals surface area (Å²) in [6, 6.07) is 16.4. The zero-order valence-corrected chi connectivity index (χ0v) is 17.2. The zero-order valence-electron chi connectivity index (χ0n) is 17.2. The number of carbonyl (C=O) groups excluding carboxylic acids is 1. The lowest BCUT2D eigenvalue weighted by Crippen LogP contribution is -2.53. The Morgan fingerprint density at radius 3 is 2.38 bits per heavy atom. The number of nitrogens with one attached hydrogen (secondary N) is 1. The minimum Gasteiger partial charge on any atom is -0.486 e. The number of nitrogens with zero attached hydrogens (tertiary/aromatic N) is 2. The van der Waals surface area contributed by atoms with Crippen LogP contribution in [0.5, 0.6) is 11.5 Å². The molecular formula is C23H29N3O3. The standard InChI is InChI=1S/C23H29N3O3/c1-23(2,18-8-9-20-21(16-18)29-15-14-28-20)17-24-22(27)26-12-10-25(11-13-26)19-6-4-3-5-7-19/h3-9,16H,10-15,17H2,1-2H3,(H,24,27). The smallest absolute Gasteiger partial charge is 0.317 e. The quantitative estimate of drug-likeness (QED) is 0.863. The molecule has 1 saturated heterocycles. The Labute approximate surface area is 172 Å². The molecule has 0 atom stereocenters. The topological polar surface area (TPSA) is 54.0 Å². The molecule has 1 fully saturated rings. The molecule has 0 aromatic heterocycles. The Bertz CT molecular complexity index is 846. The molecule has 0 unspecified atom stereocenters. The van der Waals surface area contributed by atoms with Gasteiger partial charge in [0.1, 0.15) is 13.2 Å². The number of carbonyl (C=O) groups is 1. The zero-order chi connectivity index (χ0) is 20.3. The van der Waals surface area contributed by atoms with Gasteiger partial charge in [0.05, 0.1) is 0 Å². The summed E-state index contributed by atoms with van der Waals surface area (Å²) < 4.78 is 11.3. The Hall–Kier alpha value is -2.89. The largest absolute Gasteiger partial charge is 0.486 e. The van der Waals surface area contributed by atoms with Crippen LogP contribution in [0.4, 0.5) is 10.5 Å². The predicted molar refractivity (Wildman–Crippen MR) is 114 cm³/mol. The van der Waals surface area contributed by atoms with Gasteiger partial charge in [-0.1, -0.05) is 38.1 Å². The Kier molecular flexibility index (Phi) is 5.51. The number of piperazine rings is 1. The number of ether oxygens (including phenoxy) is 2. The van der Waals surface area contributed by atoms with E-state index in [1.165, 1.54) is 5.69 Å². The summed E-state index contributed by atoms with van der Waals surface area (Å²) in [5, 5.41) is 3.12. The van der Waals surface area contributed by atoms with E-state index in [4.69, 9.17) is 9.47 Å². The SMILES string of the molecule is CC(C)(CNC(=O)N1CCN(c2ccccc2)CC1)c1ccc2c(c1)OCCO2. The molecule has 2 amide bonds. The number of rotatable bonds is 4. The Morgan fingerprint density at radius 1 is 0.966 bits per heavy atom. The van der Waals surface area contributed by atoms with Gasteiger partial charge in [-0.3, -0.25) is 0 Å². The van der Waals surface area contributed by atoms with E-state index in [0.29, 0.717) is 19.8 Å². The molecule has 154 valence electrons. The first-order chi connectivity index (χ1) is 14.0. The van der Waals surface area contributed by atoms with Crippen LogP contribution in [0.2, 0.25) is 0 Å². The van der Waals surface area contributed by atoms with E-state index in [0.717, 1.165) is 43.2 Å². The fourth-order valence-corrected chi connectivity index (χ4v) is 3.78. The molecule has 0 saturated carbocycles. The number of benzene rings is 2. The lowest BCUT2D eigenvalue weighted by Gasteiger charge is -2.37. The maximum atomic E-state index is 12.7. The normalized spacial score (nSPS) is 16.5. The van der Waals surface area contributed by atoms with Gasteiger partial charge in [-0.15, -0.1) is 0 Å². The van der Waals surface area contributed by atoms with E-state index in [1.807, 2.05) is 35.2 Å². The van der Waals surface area contributed by atoms with Gasteiger partial charge >= 0.3 is 6.03 Å². The minimum atomic E-state index is -0.211. The van der Waals surface area contributed by atoms with Gasteiger partial charge in [-0.2, -0.15) is 0 Å². The molecule has 0 bridgehead atoms. The molecule has 6 heteroatoms. The molecule has 2 aromatic rings. The number of hydrogen-bond donors (Lipinski definition) is 1. The van der Waals surface area contributed by atoms with Crippen LogP contribution in [0.15, 0.2) is 48.5 Å². The average Bonchev–Trinajstić information content (AvgIpc) is 2.78. The van der Waals surface area contributed by atoms with Crippen molar-refractivity contribution in [2.24, 2.45) is 0 Å². The van der Waals surface area contributed by atoms with Crippen molar-refractivity contribution in [3.8, 4) is 11.5 Å². The van der Waals surface area contributed by atoms with Crippen LogP contribution >= 0.6 is 0 Å². The molecule has 2 aromatic carbocycles. The first-order valence-electron chi connectivity index (χ1n) is 10.3. The van der Waals surface area contributed by atoms with E-state index in [2.05, 4.69) is 42.3 Å². The van der Waals surface area contributed by atoms with Crippen molar-refractivity contribution in [3.63, 3.8) is 0 Å². The van der Waals surface area contributed by atoms with Crippen molar-refractivity contribution < 1.29 is 14.3 Å². The lowest BCUT2D eigenvalue weighted by molar-refractivity contribution is 0.171. The summed E-state index contributed by atoms with van der Waals surface area (Å²) in [5.74, 6) is 1.57. The van der Waals surface area contributed by atoms with Gasteiger partial charge in [0.15, 0.2) is 11.5 Å². The van der Waals surface area contributed by atoms with Crippen molar-refractivity contribution >= 4 is 11.7 Å². The second kappa shape index (κ2) is 8.23. The number of fused-ring (bicyclic) bond motifs is 1. The summed E-state index contributed by atoms with van der Waals surface area (Å²) in [6.45, 7) is 9.14. The Balaban J connectivity index is 1.31. The number of anilines is 1. The van der Waals surface area contributed by atoms with Gasteiger partial charge < -0.3 is 24.6 Å². The van der Waals surface area contributed by atoms with Gasteiger partial charge in [-0.25, -0.2) is 4.79 Å². The summed E-state index contributed by atoms with van der Waals surface area (Å²) in [6.07, 6.45) is 0. The fourth-order valence-electron chi connectivity index (χ4n) is 3.78. The predicted octanol–water partition coefficient (Wildman–Crippen LogP) is 3.27. The van der Waals surface area contributed by atoms with Gasteiger partial charge in [0.25, 0.3) is 0 Å². The van der Waals surface area contributed by atoms with E-state index in [1.54, 1.807) is 0 Å². The number of para-hydroxylation sites is 1. The number of urea groups is 1. The molecule has 0 aliphatic carbocycles. The van der Waals surface area contributed by atoms with Crippen LogP contribution in [-0.4, -0.2) is 56.9 Å². The van der Waals surface area contributed by atoms with Crippen LogP contribution in [-0.2, 0) is 5.41 Å². The monoisotopic (exact) mass is 395 g/mol. The second-order valence-corrected chi connectivity index (χ2v) is 8.21. The molecule has 4 rings (SSSR count). The molecule has 1 N–H and O–H groups in total. The van der Waals surface area contributed by atoms with Crippen LogP contribution < -0.4 is 19.7 Å². The maximum Gasteiger partial charge on any atom is 0.317 e. The van der Waals surface area contributed by atoms with E-state index in [-0.39, 0.29) is 11.4 Å². The second-order valence-electron chi connectivity index (χ2n) is 8.21. The highest BCUT2D eigenvalue weighted by Crippen LogP contribution is 2.35. The van der Waals surface area contributed by atoms with Crippen molar-refractivity contribution in [2.45, 2.75) is 19.3 Å². The van der Waals surface area contributed by atoms with Gasteiger partial charge in [0, 0.05) is 43.8 Å². The minimum absolute atomic E-state index is 0.00308. The molecule has 0 radical (unpaired) electrons. The molecule has 2 aliphatic heterocycles. The van der Waals surface area contributed by atoms with Gasteiger partial charge in [-0.05, 0) is 29.8 Å². The third-order valence-corrected chi connectivity index (χ3v) is 5.69. The van der Waals surface area contributed by atoms with Gasteiger partial charge in [0.2, 0.25) is 0 Å². The van der Waals surface area contributed by atoms with Crippen molar-refractivity contribution in [2.75, 3.05) is 50.8 Å². The molecule has 2 heterocycles. The maximum absolute atomic E-state index is 12.7. The first-order valence-corrected chi connectivity index (χ1v) is 10.3. The lowest BCUT2D eigenvalue weighted by atomic mass is 9.84. The summed E-state index contributed by atoms with van der Waals surface area (Å²) in [7, 11) is 0. The molecule has 6 nitrogen and oxygen atoms in total. The van der Waals surface area contributed by atoms with E-state index >= 15 is 0 Å². The van der Waals surface area contributed by atoms with Crippen LogP contribution in [0.3, 0.4) is 0 Å². The molecule has 29 heavy (non-hydrogen) atoms. The fraction of sp³-hybridized carbons (Fsp3) is 0.435. The van der Waals surface area contributed by atoms with Crippen molar-refractivity contribution in [1.82, 2.24) is 10.2 Å². The highest BCUT2D eigenvalue weighted by molar-refractivity contribution is 5.74. The summed E-state index contributed by atoms with van der Waals surface area (Å²) in [5.41, 5.74) is 2.13. The third kappa shape index (κ3) is 4.42. The van der Waals surface area contributed by atoms with Crippen LogP contribution in [0.25, 0.3) is 0 Å². The van der Waals surface area contributed by atoms with Crippen molar-refractivity contribution in [1.29, 1.82) is 0 Å². The van der Waals surface area contributed by atoms with E-state index < -0.39 is 0 Å². The average molecular weight is 396 g/mol. The summed E-state index contributed by atoms with van der Waals surface area (Å²) >= 11 is 0. The highest BCUT2D eigenvalue weighted by Gasteiger charge is 2.26. The molecular weight excluding hydrogens is 366 g/mol. The Morgan fingerprint density at radius 2 is 1.66 bits per heavy atom. The third-order valence-electron chi connectivity index (χ3n) is 5.69. The van der Waals surface area contributed by atoms with E-state index in [9.17, 15) is 4.79 Å². The number of amides is 2. The highest BCUT2D eigenvalue weighted by atomic mass is 16.6.